The van der Waals surface area contributed by atoms with Crippen LogP contribution in [0, 0.1) is 5.92 Å². The molecule has 5 rings (SSSR count). The maximum absolute atomic E-state index is 14.4. The molecule has 0 saturated carbocycles. The lowest BCUT2D eigenvalue weighted by molar-refractivity contribution is -0.131. The lowest BCUT2D eigenvalue weighted by atomic mass is 9.50. The molecule has 174 valence electrons. The van der Waals surface area contributed by atoms with E-state index in [2.05, 4.69) is 6.58 Å². The number of phenolic OH excluding ortho intramolecular Hbond substituents is 1. The minimum Gasteiger partial charge on any atom is -0.504 e. The predicted octanol–water partition coefficient (Wildman–Crippen LogP) is 5.79. The van der Waals surface area contributed by atoms with Gasteiger partial charge in [0.15, 0.2) is 23.1 Å². The van der Waals surface area contributed by atoms with Gasteiger partial charge in [-0.1, -0.05) is 85.5 Å². The molecule has 0 radical (unpaired) electrons. The van der Waals surface area contributed by atoms with Crippen LogP contribution in [0.5, 0.6) is 11.5 Å². The van der Waals surface area contributed by atoms with E-state index < -0.39 is 17.3 Å². The molecule has 4 nitrogen and oxygen atoms in total. The van der Waals surface area contributed by atoms with Crippen LogP contribution < -0.4 is 4.74 Å². The summed E-state index contributed by atoms with van der Waals surface area (Å²) in [4.78, 5) is 28.4. The fourth-order valence-corrected chi connectivity index (χ4v) is 5.77. The number of phenols is 1. The van der Waals surface area contributed by atoms with E-state index in [1.54, 1.807) is 18.2 Å². The molecule has 3 aromatic rings. The van der Waals surface area contributed by atoms with Gasteiger partial charge in [-0.2, -0.15) is 0 Å². The van der Waals surface area contributed by atoms with Crippen LogP contribution in [0.4, 0.5) is 0 Å². The molecule has 3 aromatic carbocycles. The molecule has 0 bridgehead atoms. The second-order valence-corrected chi connectivity index (χ2v) is 8.95. The SMILES string of the molecule is C=CC1=CC[C@H]2C(=O)C(c3ccccc3)=CC(=O)[C@@]2(c2ccccc2)[C@H]1c1ccc(OC)c(O)c1. The number of fused-ring (bicyclic) bond motifs is 1. The zero-order chi connectivity index (χ0) is 24.6. The minimum atomic E-state index is -1.17. The van der Waals surface area contributed by atoms with Gasteiger partial charge < -0.3 is 9.84 Å². The first-order valence-electron chi connectivity index (χ1n) is 11.6. The van der Waals surface area contributed by atoms with Crippen molar-refractivity contribution in [2.75, 3.05) is 7.11 Å². The van der Waals surface area contributed by atoms with E-state index in [1.165, 1.54) is 13.2 Å². The minimum absolute atomic E-state index is 0.0196. The number of carbonyl (C=O) groups is 2. The molecule has 2 aliphatic carbocycles. The molecular formula is C31H26O4. The third kappa shape index (κ3) is 3.45. The maximum Gasteiger partial charge on any atom is 0.168 e. The van der Waals surface area contributed by atoms with E-state index in [-0.39, 0.29) is 17.3 Å². The number of aromatic hydroxyl groups is 1. The van der Waals surface area contributed by atoms with E-state index >= 15 is 0 Å². The Balaban J connectivity index is 1.80. The number of ether oxygens (including phenoxy) is 1. The van der Waals surface area contributed by atoms with Crippen molar-refractivity contribution in [1.82, 2.24) is 0 Å². The van der Waals surface area contributed by atoms with Crippen LogP contribution >= 0.6 is 0 Å². The average Bonchev–Trinajstić information content (AvgIpc) is 2.90. The summed E-state index contributed by atoms with van der Waals surface area (Å²) in [5.74, 6) is -0.967. The van der Waals surface area contributed by atoms with Gasteiger partial charge in [0.1, 0.15) is 0 Å². The zero-order valence-corrected chi connectivity index (χ0v) is 19.5. The summed E-state index contributed by atoms with van der Waals surface area (Å²) >= 11 is 0. The molecule has 4 heteroatoms. The molecule has 0 amide bonds. The van der Waals surface area contributed by atoms with Crippen LogP contribution in [0.15, 0.2) is 109 Å². The van der Waals surface area contributed by atoms with Gasteiger partial charge in [-0.3, -0.25) is 9.59 Å². The molecule has 0 heterocycles. The van der Waals surface area contributed by atoms with Gasteiger partial charge in [0, 0.05) is 17.4 Å². The smallest absolute Gasteiger partial charge is 0.168 e. The van der Waals surface area contributed by atoms with Crippen molar-refractivity contribution in [1.29, 1.82) is 0 Å². The first-order valence-corrected chi connectivity index (χ1v) is 11.6. The number of hydrogen-bond acceptors (Lipinski definition) is 4. The van der Waals surface area contributed by atoms with E-state index in [1.807, 2.05) is 72.8 Å². The summed E-state index contributed by atoms with van der Waals surface area (Å²) in [7, 11) is 1.49. The van der Waals surface area contributed by atoms with Gasteiger partial charge in [0.05, 0.1) is 12.5 Å². The van der Waals surface area contributed by atoms with Crippen molar-refractivity contribution in [2.24, 2.45) is 5.92 Å². The number of carbonyl (C=O) groups excluding carboxylic acids is 2. The Morgan fingerprint density at radius 1 is 1.00 bits per heavy atom. The average molecular weight is 463 g/mol. The Labute approximate surface area is 204 Å². The highest BCUT2D eigenvalue weighted by Crippen LogP contribution is 2.57. The second kappa shape index (κ2) is 8.88. The van der Waals surface area contributed by atoms with Crippen LogP contribution in [0.1, 0.15) is 29.0 Å². The third-order valence-corrected chi connectivity index (χ3v) is 7.30. The van der Waals surface area contributed by atoms with Crippen molar-refractivity contribution >= 4 is 17.1 Å². The number of rotatable bonds is 5. The van der Waals surface area contributed by atoms with Crippen LogP contribution in [0.2, 0.25) is 0 Å². The zero-order valence-electron chi connectivity index (χ0n) is 19.5. The Kier molecular flexibility index (Phi) is 5.73. The Morgan fingerprint density at radius 2 is 1.69 bits per heavy atom. The largest absolute Gasteiger partial charge is 0.504 e. The number of Topliss-reactive ketones (excluding diaryl/α,β-unsaturated/α-hetero) is 1. The number of benzene rings is 3. The summed E-state index contributed by atoms with van der Waals surface area (Å²) in [6, 6.07) is 24.0. The Hall–Kier alpha value is -4.18. The highest BCUT2D eigenvalue weighted by molar-refractivity contribution is 6.31. The number of ketones is 2. The van der Waals surface area contributed by atoms with E-state index in [9.17, 15) is 14.7 Å². The van der Waals surface area contributed by atoms with Gasteiger partial charge >= 0.3 is 0 Å². The van der Waals surface area contributed by atoms with Crippen molar-refractivity contribution in [3.63, 3.8) is 0 Å². The molecule has 0 aromatic heterocycles. The number of methoxy groups -OCH3 is 1. The first kappa shape index (κ1) is 22.6. The topological polar surface area (TPSA) is 63.6 Å². The summed E-state index contributed by atoms with van der Waals surface area (Å²) < 4.78 is 5.24. The van der Waals surface area contributed by atoms with Gasteiger partial charge in [-0.15, -0.1) is 0 Å². The molecule has 1 N–H and O–H groups in total. The second-order valence-electron chi connectivity index (χ2n) is 8.95. The number of hydrogen-bond donors (Lipinski definition) is 1. The Bertz CT molecular complexity index is 1370. The molecular weight excluding hydrogens is 436 g/mol. The fraction of sp³-hybridized carbons (Fsp3) is 0.161. The van der Waals surface area contributed by atoms with Crippen LogP contribution in [-0.2, 0) is 15.0 Å². The van der Waals surface area contributed by atoms with Crippen molar-refractivity contribution in [3.05, 3.63) is 126 Å². The summed E-state index contributed by atoms with van der Waals surface area (Å²) in [6.45, 7) is 4.02. The molecule has 3 atom stereocenters. The van der Waals surface area contributed by atoms with Crippen molar-refractivity contribution in [3.8, 4) is 11.5 Å². The predicted molar refractivity (Wildman–Crippen MR) is 136 cm³/mol. The van der Waals surface area contributed by atoms with Gasteiger partial charge in [-0.05, 0) is 46.9 Å². The Morgan fingerprint density at radius 3 is 2.31 bits per heavy atom. The van der Waals surface area contributed by atoms with Gasteiger partial charge in [0.25, 0.3) is 0 Å². The molecule has 2 aliphatic rings. The highest BCUT2D eigenvalue weighted by atomic mass is 16.5. The molecule has 0 saturated heterocycles. The standard InChI is InChI=1S/C31H26O4/c1-3-20-14-16-25-30(34)24(21-10-6-4-7-11-21)19-28(33)31(25,23-12-8-5-9-13-23)29(20)22-15-17-27(35-2)26(32)18-22/h3-15,17-19,25,29,32H,1,16H2,2H3/t25-,29+,31-/m0/s1. The molecule has 0 spiro atoms. The maximum atomic E-state index is 14.4. The van der Waals surface area contributed by atoms with E-state index in [0.717, 1.165) is 22.3 Å². The normalized spacial score (nSPS) is 23.7. The van der Waals surface area contributed by atoms with Gasteiger partial charge in [-0.25, -0.2) is 0 Å². The lowest BCUT2D eigenvalue weighted by Crippen LogP contribution is -2.54. The molecule has 0 unspecified atom stereocenters. The quantitative estimate of drug-likeness (QED) is 0.521. The molecule has 0 fully saturated rings. The summed E-state index contributed by atoms with van der Waals surface area (Å²) in [5, 5.41) is 10.6. The summed E-state index contributed by atoms with van der Waals surface area (Å²) in [6.07, 6.45) is 5.69. The van der Waals surface area contributed by atoms with Crippen molar-refractivity contribution in [2.45, 2.75) is 17.8 Å². The van der Waals surface area contributed by atoms with Crippen molar-refractivity contribution < 1.29 is 19.4 Å². The van der Waals surface area contributed by atoms with E-state index in [4.69, 9.17) is 4.74 Å². The van der Waals surface area contributed by atoms with Gasteiger partial charge in [0.2, 0.25) is 0 Å². The van der Waals surface area contributed by atoms with Crippen LogP contribution in [-0.4, -0.2) is 23.8 Å². The van der Waals surface area contributed by atoms with E-state index in [0.29, 0.717) is 17.7 Å². The third-order valence-electron chi connectivity index (χ3n) is 7.30. The monoisotopic (exact) mass is 462 g/mol. The highest BCUT2D eigenvalue weighted by Gasteiger charge is 2.59. The van der Waals surface area contributed by atoms with Crippen LogP contribution in [0.3, 0.4) is 0 Å². The first-order chi connectivity index (χ1) is 17.0. The lowest BCUT2D eigenvalue weighted by Gasteiger charge is -2.49. The molecule has 0 aliphatic heterocycles. The molecule has 35 heavy (non-hydrogen) atoms. The van der Waals surface area contributed by atoms with Crippen LogP contribution in [0.25, 0.3) is 5.57 Å². The summed E-state index contributed by atoms with van der Waals surface area (Å²) in [5.41, 5.74) is 2.37. The fourth-order valence-electron chi connectivity index (χ4n) is 5.77. The number of allylic oxidation sites excluding steroid dienone is 5.